The summed E-state index contributed by atoms with van der Waals surface area (Å²) in [6, 6.07) is 11.5. The molecule has 3 rings (SSSR count). The van der Waals surface area contributed by atoms with Crippen molar-refractivity contribution < 1.29 is 9.32 Å². The Labute approximate surface area is 122 Å². The molecule has 1 aliphatic heterocycles. The summed E-state index contributed by atoms with van der Waals surface area (Å²) in [5, 5.41) is 3.93. The van der Waals surface area contributed by atoms with Gasteiger partial charge >= 0.3 is 0 Å². The number of amides is 1. The largest absolute Gasteiger partial charge is 0.360 e. The SMILES string of the molecule is CC1=NCC(=O)N=C(c2ccccc2)C1c1cc(C)no1. The summed E-state index contributed by atoms with van der Waals surface area (Å²) in [4.78, 5) is 20.4. The zero-order chi connectivity index (χ0) is 14.8. The second kappa shape index (κ2) is 5.44. The number of benzene rings is 1. The van der Waals surface area contributed by atoms with Crippen LogP contribution in [-0.2, 0) is 4.79 Å². The van der Waals surface area contributed by atoms with Crippen molar-refractivity contribution in [2.75, 3.05) is 6.54 Å². The first-order chi connectivity index (χ1) is 10.1. The van der Waals surface area contributed by atoms with Crippen LogP contribution in [0.25, 0.3) is 0 Å². The third-order valence-corrected chi connectivity index (χ3v) is 3.40. The Bertz CT molecular complexity index is 729. The van der Waals surface area contributed by atoms with E-state index < -0.39 is 0 Å². The van der Waals surface area contributed by atoms with E-state index in [1.54, 1.807) is 0 Å². The Morgan fingerprint density at radius 3 is 2.62 bits per heavy atom. The molecule has 1 amide bonds. The number of nitrogens with zero attached hydrogens (tertiary/aromatic N) is 3. The molecular weight excluding hydrogens is 266 g/mol. The number of aryl methyl sites for hydroxylation is 1. The van der Waals surface area contributed by atoms with E-state index in [1.807, 2.05) is 50.2 Å². The van der Waals surface area contributed by atoms with Gasteiger partial charge < -0.3 is 4.52 Å². The van der Waals surface area contributed by atoms with Gasteiger partial charge in [-0.05, 0) is 19.4 Å². The topological polar surface area (TPSA) is 67.8 Å². The highest BCUT2D eigenvalue weighted by Crippen LogP contribution is 2.26. The van der Waals surface area contributed by atoms with Gasteiger partial charge in [-0.1, -0.05) is 35.5 Å². The molecular formula is C16H15N3O2. The van der Waals surface area contributed by atoms with Gasteiger partial charge in [0.15, 0.2) is 5.76 Å². The first-order valence-electron chi connectivity index (χ1n) is 6.76. The fourth-order valence-electron chi connectivity index (χ4n) is 2.42. The summed E-state index contributed by atoms with van der Waals surface area (Å²) in [6.07, 6.45) is 0. The van der Waals surface area contributed by atoms with E-state index >= 15 is 0 Å². The minimum atomic E-state index is -0.278. The lowest BCUT2D eigenvalue weighted by Gasteiger charge is -2.15. The van der Waals surface area contributed by atoms with E-state index in [-0.39, 0.29) is 18.4 Å². The van der Waals surface area contributed by atoms with Crippen LogP contribution in [0.1, 0.15) is 29.9 Å². The molecule has 0 aliphatic carbocycles. The van der Waals surface area contributed by atoms with Gasteiger partial charge in [0.2, 0.25) is 0 Å². The monoisotopic (exact) mass is 281 g/mol. The molecule has 0 spiro atoms. The Morgan fingerprint density at radius 2 is 1.95 bits per heavy atom. The molecule has 0 radical (unpaired) electrons. The van der Waals surface area contributed by atoms with Crippen LogP contribution in [0, 0.1) is 6.92 Å². The van der Waals surface area contributed by atoms with Crippen molar-refractivity contribution in [2.24, 2.45) is 9.98 Å². The van der Waals surface area contributed by atoms with Crippen molar-refractivity contribution >= 4 is 17.3 Å². The van der Waals surface area contributed by atoms with E-state index in [0.29, 0.717) is 11.5 Å². The Balaban J connectivity index is 2.15. The number of hydrogen-bond donors (Lipinski definition) is 0. The fraction of sp³-hybridized carbons (Fsp3) is 0.250. The predicted molar refractivity (Wildman–Crippen MR) is 79.9 cm³/mol. The summed E-state index contributed by atoms with van der Waals surface area (Å²) in [5.41, 5.74) is 3.15. The van der Waals surface area contributed by atoms with E-state index in [2.05, 4.69) is 15.1 Å². The quantitative estimate of drug-likeness (QED) is 0.849. The molecule has 0 fully saturated rings. The number of carbonyl (C=O) groups is 1. The molecule has 0 bridgehead atoms. The van der Waals surface area contributed by atoms with Crippen LogP contribution in [0.15, 0.2) is 50.9 Å². The highest BCUT2D eigenvalue weighted by atomic mass is 16.5. The van der Waals surface area contributed by atoms with Crippen molar-refractivity contribution in [1.82, 2.24) is 5.16 Å². The van der Waals surface area contributed by atoms with Crippen molar-refractivity contribution in [2.45, 2.75) is 19.8 Å². The minimum absolute atomic E-state index is 0.0752. The molecule has 1 aliphatic rings. The lowest BCUT2D eigenvalue weighted by molar-refractivity contribution is -0.116. The van der Waals surface area contributed by atoms with Crippen molar-refractivity contribution in [1.29, 1.82) is 0 Å². The predicted octanol–water partition coefficient (Wildman–Crippen LogP) is 2.56. The first kappa shape index (κ1) is 13.4. The lowest BCUT2D eigenvalue weighted by atomic mass is 9.90. The van der Waals surface area contributed by atoms with Crippen LogP contribution in [0.3, 0.4) is 0 Å². The third kappa shape index (κ3) is 2.67. The van der Waals surface area contributed by atoms with Gasteiger partial charge in [-0.3, -0.25) is 9.79 Å². The number of carbonyl (C=O) groups excluding carboxylic acids is 1. The van der Waals surface area contributed by atoms with Crippen molar-refractivity contribution in [3.8, 4) is 0 Å². The first-order valence-corrected chi connectivity index (χ1v) is 6.76. The molecule has 1 unspecified atom stereocenters. The van der Waals surface area contributed by atoms with E-state index in [4.69, 9.17) is 4.52 Å². The van der Waals surface area contributed by atoms with Crippen LogP contribution in [0.5, 0.6) is 0 Å². The summed E-state index contributed by atoms with van der Waals surface area (Å²) < 4.78 is 5.39. The second-order valence-corrected chi connectivity index (χ2v) is 5.02. The fourth-order valence-corrected chi connectivity index (χ4v) is 2.42. The molecule has 1 aromatic carbocycles. The van der Waals surface area contributed by atoms with Gasteiger partial charge in [-0.2, -0.15) is 0 Å². The van der Waals surface area contributed by atoms with E-state index in [1.165, 1.54) is 0 Å². The van der Waals surface area contributed by atoms with Gasteiger partial charge in [0.25, 0.3) is 5.91 Å². The minimum Gasteiger partial charge on any atom is -0.360 e. The lowest BCUT2D eigenvalue weighted by Crippen LogP contribution is -2.20. The van der Waals surface area contributed by atoms with E-state index in [0.717, 1.165) is 17.0 Å². The molecule has 2 aromatic rings. The molecule has 106 valence electrons. The van der Waals surface area contributed by atoms with Gasteiger partial charge in [-0.25, -0.2) is 4.99 Å². The van der Waals surface area contributed by atoms with Gasteiger partial charge in [0.1, 0.15) is 12.5 Å². The maximum atomic E-state index is 11.9. The second-order valence-electron chi connectivity index (χ2n) is 5.02. The van der Waals surface area contributed by atoms with Gasteiger partial charge in [-0.15, -0.1) is 0 Å². The normalized spacial score (nSPS) is 19.0. The van der Waals surface area contributed by atoms with Crippen LogP contribution in [0.2, 0.25) is 0 Å². The number of rotatable bonds is 2. The Hall–Kier alpha value is -2.56. The average Bonchev–Trinajstić information content (AvgIpc) is 2.85. The highest BCUT2D eigenvalue weighted by Gasteiger charge is 2.29. The molecule has 21 heavy (non-hydrogen) atoms. The zero-order valence-electron chi connectivity index (χ0n) is 11.9. The molecule has 5 nitrogen and oxygen atoms in total. The van der Waals surface area contributed by atoms with Crippen LogP contribution in [-0.4, -0.2) is 29.0 Å². The zero-order valence-corrected chi connectivity index (χ0v) is 11.9. The third-order valence-electron chi connectivity index (χ3n) is 3.40. The Kier molecular flexibility index (Phi) is 3.48. The summed E-state index contributed by atoms with van der Waals surface area (Å²) in [6.45, 7) is 3.83. The number of hydrogen-bond acceptors (Lipinski definition) is 4. The van der Waals surface area contributed by atoms with Gasteiger partial charge in [0.05, 0.1) is 11.4 Å². The van der Waals surface area contributed by atoms with Gasteiger partial charge in [0, 0.05) is 11.8 Å². The molecule has 5 heteroatoms. The smallest absolute Gasteiger partial charge is 0.267 e. The highest BCUT2D eigenvalue weighted by molar-refractivity contribution is 6.22. The van der Waals surface area contributed by atoms with Crippen molar-refractivity contribution in [3.05, 3.63) is 53.4 Å². The molecule has 2 heterocycles. The molecule has 0 saturated carbocycles. The summed E-state index contributed by atoms with van der Waals surface area (Å²) in [5.74, 6) is 0.137. The van der Waals surface area contributed by atoms with Crippen molar-refractivity contribution in [3.63, 3.8) is 0 Å². The maximum absolute atomic E-state index is 11.9. The van der Waals surface area contributed by atoms with Crippen LogP contribution >= 0.6 is 0 Å². The van der Waals surface area contributed by atoms with E-state index in [9.17, 15) is 4.79 Å². The van der Waals surface area contributed by atoms with Crippen LogP contribution < -0.4 is 0 Å². The maximum Gasteiger partial charge on any atom is 0.267 e. The summed E-state index contributed by atoms with van der Waals surface area (Å²) in [7, 11) is 0. The summed E-state index contributed by atoms with van der Waals surface area (Å²) >= 11 is 0. The number of aromatic nitrogens is 1. The molecule has 0 saturated heterocycles. The Morgan fingerprint density at radius 1 is 1.19 bits per heavy atom. The number of aliphatic imine (C=N–C) groups is 2. The van der Waals surface area contributed by atoms with Crippen LogP contribution in [0.4, 0.5) is 0 Å². The standard InChI is InChI=1S/C16H15N3O2/c1-10-8-13(21-19-10)15-11(2)17-9-14(20)18-16(15)12-6-4-3-5-7-12/h3-8,15H,9H2,1-2H3. The average molecular weight is 281 g/mol. The molecule has 1 atom stereocenters. The molecule has 1 aromatic heterocycles. The molecule has 0 N–H and O–H groups in total.